The summed E-state index contributed by atoms with van der Waals surface area (Å²) in [4.78, 5) is 13.1. The summed E-state index contributed by atoms with van der Waals surface area (Å²) in [5.74, 6) is 0.782. The molecule has 0 saturated heterocycles. The molecule has 0 N–H and O–H groups in total. The van der Waals surface area contributed by atoms with Crippen molar-refractivity contribution in [2.45, 2.75) is 18.7 Å². The van der Waals surface area contributed by atoms with Crippen LogP contribution in [0.25, 0.3) is 0 Å². The molecule has 0 aliphatic rings. The number of aryl methyl sites for hydroxylation is 1. The van der Waals surface area contributed by atoms with Crippen LogP contribution < -0.4 is 18.5 Å². The van der Waals surface area contributed by atoms with Gasteiger partial charge >= 0.3 is 0 Å². The van der Waals surface area contributed by atoms with Crippen molar-refractivity contribution < 1.29 is 27.4 Å². The molecule has 0 aromatic heterocycles. The highest BCUT2D eigenvalue weighted by Gasteiger charge is 2.31. The molecule has 0 spiro atoms. The lowest BCUT2D eigenvalue weighted by Crippen LogP contribution is -2.40. The molecule has 0 atom stereocenters. The van der Waals surface area contributed by atoms with Crippen LogP contribution in [-0.4, -0.2) is 34.6 Å². The van der Waals surface area contributed by atoms with Crippen molar-refractivity contribution in [3.05, 3.63) is 78.4 Å². The van der Waals surface area contributed by atoms with Crippen LogP contribution in [0.5, 0.6) is 17.2 Å². The summed E-state index contributed by atoms with van der Waals surface area (Å²) < 4.78 is 43.7. The van der Waals surface area contributed by atoms with E-state index in [1.165, 1.54) is 31.4 Å². The Kier molecular flexibility index (Phi) is 7.37. The minimum atomic E-state index is -4.17. The molecular formula is C24H25NO6S. The number of methoxy groups -OCH3 is 1. The normalized spacial score (nSPS) is 11.0. The number of carbonyl (C=O) groups is 1. The smallest absolute Gasteiger partial charge is 0.278 e. The van der Waals surface area contributed by atoms with Crippen LogP contribution in [-0.2, 0) is 14.8 Å². The van der Waals surface area contributed by atoms with Crippen molar-refractivity contribution in [2.24, 2.45) is 0 Å². The van der Waals surface area contributed by atoms with E-state index in [0.717, 1.165) is 9.87 Å². The minimum Gasteiger partial charge on any atom is -0.497 e. The summed E-state index contributed by atoms with van der Waals surface area (Å²) in [5, 5.41) is 0. The molecule has 1 amide bonds. The number of hydrogen-bond donors (Lipinski definition) is 0. The van der Waals surface area contributed by atoms with Gasteiger partial charge in [0.2, 0.25) is 0 Å². The first-order chi connectivity index (χ1) is 15.3. The van der Waals surface area contributed by atoms with Crippen molar-refractivity contribution in [3.8, 4) is 17.2 Å². The van der Waals surface area contributed by atoms with E-state index in [2.05, 4.69) is 0 Å². The maximum absolute atomic E-state index is 13.4. The van der Waals surface area contributed by atoms with Gasteiger partial charge in [-0.25, -0.2) is 8.42 Å². The van der Waals surface area contributed by atoms with Gasteiger partial charge in [0.15, 0.2) is 6.61 Å². The number of carbonyl (C=O) groups excluding carboxylic acids is 1. The van der Waals surface area contributed by atoms with E-state index in [9.17, 15) is 13.2 Å². The van der Waals surface area contributed by atoms with Crippen LogP contribution in [0.2, 0.25) is 0 Å². The predicted molar refractivity (Wildman–Crippen MR) is 122 cm³/mol. The number of benzene rings is 3. The SMILES string of the molecule is CCOc1ccc(N(C(=O)COc2cccc(OC)c2)S(=O)(=O)c2ccc(C)cc2)cc1. The highest BCUT2D eigenvalue weighted by molar-refractivity contribution is 7.93. The van der Waals surface area contributed by atoms with Crippen molar-refractivity contribution in [1.82, 2.24) is 0 Å². The Bertz CT molecular complexity index is 1160. The average Bonchev–Trinajstić information content (AvgIpc) is 2.79. The maximum atomic E-state index is 13.4. The molecular weight excluding hydrogens is 430 g/mol. The van der Waals surface area contributed by atoms with E-state index in [0.29, 0.717) is 23.9 Å². The van der Waals surface area contributed by atoms with E-state index in [4.69, 9.17) is 14.2 Å². The largest absolute Gasteiger partial charge is 0.497 e. The number of sulfonamides is 1. The third kappa shape index (κ3) is 5.39. The summed E-state index contributed by atoms with van der Waals surface area (Å²) in [7, 11) is -2.65. The van der Waals surface area contributed by atoms with Crippen LogP contribution in [0.1, 0.15) is 12.5 Å². The second-order valence-electron chi connectivity index (χ2n) is 6.87. The Hall–Kier alpha value is -3.52. The maximum Gasteiger partial charge on any atom is 0.278 e. The molecule has 3 rings (SSSR count). The fourth-order valence-corrected chi connectivity index (χ4v) is 4.38. The van der Waals surface area contributed by atoms with Gasteiger partial charge in [0.05, 0.1) is 24.3 Å². The first kappa shape index (κ1) is 23.1. The van der Waals surface area contributed by atoms with Crippen molar-refractivity contribution in [1.29, 1.82) is 0 Å². The Morgan fingerprint density at radius 1 is 0.875 bits per heavy atom. The molecule has 0 radical (unpaired) electrons. The number of hydrogen-bond acceptors (Lipinski definition) is 6. The molecule has 0 bridgehead atoms. The zero-order valence-electron chi connectivity index (χ0n) is 18.1. The van der Waals surface area contributed by atoms with E-state index in [1.807, 2.05) is 13.8 Å². The van der Waals surface area contributed by atoms with Crippen LogP contribution >= 0.6 is 0 Å². The highest BCUT2D eigenvalue weighted by Crippen LogP contribution is 2.27. The zero-order valence-corrected chi connectivity index (χ0v) is 19.0. The fourth-order valence-electron chi connectivity index (χ4n) is 2.97. The van der Waals surface area contributed by atoms with Gasteiger partial charge in [-0.3, -0.25) is 4.79 Å². The number of ether oxygens (including phenoxy) is 3. The summed E-state index contributed by atoms with van der Waals surface area (Å²) >= 11 is 0. The molecule has 0 aliphatic heterocycles. The Balaban J connectivity index is 1.93. The highest BCUT2D eigenvalue weighted by atomic mass is 32.2. The van der Waals surface area contributed by atoms with Crippen LogP contribution in [0, 0.1) is 6.92 Å². The Morgan fingerprint density at radius 3 is 2.16 bits per heavy atom. The molecule has 3 aromatic carbocycles. The van der Waals surface area contributed by atoms with Gasteiger partial charge in [-0.15, -0.1) is 0 Å². The van der Waals surface area contributed by atoms with Gasteiger partial charge in [-0.05, 0) is 62.4 Å². The molecule has 0 fully saturated rings. The zero-order chi connectivity index (χ0) is 23.1. The average molecular weight is 456 g/mol. The summed E-state index contributed by atoms with van der Waals surface area (Å²) in [6, 6.07) is 19.3. The Labute approximate surface area is 188 Å². The molecule has 32 heavy (non-hydrogen) atoms. The van der Waals surface area contributed by atoms with Crippen LogP contribution in [0.4, 0.5) is 5.69 Å². The number of anilines is 1. The van der Waals surface area contributed by atoms with Crippen molar-refractivity contribution in [3.63, 3.8) is 0 Å². The third-order valence-corrected chi connectivity index (χ3v) is 6.33. The van der Waals surface area contributed by atoms with Gasteiger partial charge in [-0.1, -0.05) is 23.8 Å². The molecule has 168 valence electrons. The minimum absolute atomic E-state index is 0.00622. The number of rotatable bonds is 9. The van der Waals surface area contributed by atoms with E-state index in [1.54, 1.807) is 48.5 Å². The monoisotopic (exact) mass is 455 g/mol. The number of amides is 1. The quantitative estimate of drug-likeness (QED) is 0.481. The molecule has 3 aromatic rings. The van der Waals surface area contributed by atoms with E-state index >= 15 is 0 Å². The second-order valence-corrected chi connectivity index (χ2v) is 8.66. The van der Waals surface area contributed by atoms with Crippen molar-refractivity contribution >= 4 is 21.6 Å². The first-order valence-corrected chi connectivity index (χ1v) is 11.4. The van der Waals surface area contributed by atoms with E-state index in [-0.39, 0.29) is 10.6 Å². The Morgan fingerprint density at radius 2 is 1.53 bits per heavy atom. The van der Waals surface area contributed by atoms with Gasteiger partial charge in [0, 0.05) is 6.07 Å². The lowest BCUT2D eigenvalue weighted by molar-refractivity contribution is -0.119. The predicted octanol–water partition coefficient (Wildman–Crippen LogP) is 4.20. The molecule has 0 heterocycles. The topological polar surface area (TPSA) is 82.1 Å². The number of nitrogens with zero attached hydrogens (tertiary/aromatic N) is 1. The molecule has 0 saturated carbocycles. The first-order valence-electron chi connectivity index (χ1n) is 9.99. The molecule has 8 heteroatoms. The fraction of sp³-hybridized carbons (Fsp3) is 0.208. The standard InChI is InChI=1S/C24H25NO6S/c1-4-30-20-12-10-19(11-13-20)25(32(27,28)23-14-8-18(2)9-15-23)24(26)17-31-22-7-5-6-21(16-22)29-3/h5-16H,4,17H2,1-3H3. The molecule has 0 unspecified atom stereocenters. The van der Waals surface area contributed by atoms with Gasteiger partial charge in [0.1, 0.15) is 17.2 Å². The van der Waals surface area contributed by atoms with E-state index < -0.39 is 22.5 Å². The van der Waals surface area contributed by atoms with Crippen molar-refractivity contribution in [2.75, 3.05) is 24.6 Å². The van der Waals surface area contributed by atoms with Crippen LogP contribution in [0.3, 0.4) is 0 Å². The lowest BCUT2D eigenvalue weighted by Gasteiger charge is -2.23. The second kappa shape index (κ2) is 10.2. The van der Waals surface area contributed by atoms with Gasteiger partial charge in [0.25, 0.3) is 15.9 Å². The van der Waals surface area contributed by atoms with Gasteiger partial charge < -0.3 is 14.2 Å². The van der Waals surface area contributed by atoms with Crippen LogP contribution in [0.15, 0.2) is 77.7 Å². The summed E-state index contributed by atoms with van der Waals surface area (Å²) in [6.07, 6.45) is 0. The third-order valence-electron chi connectivity index (χ3n) is 4.57. The summed E-state index contributed by atoms with van der Waals surface area (Å²) in [5.41, 5.74) is 1.09. The molecule has 7 nitrogen and oxygen atoms in total. The summed E-state index contributed by atoms with van der Waals surface area (Å²) in [6.45, 7) is 3.69. The van der Waals surface area contributed by atoms with Gasteiger partial charge in [-0.2, -0.15) is 4.31 Å². The molecule has 0 aliphatic carbocycles. The lowest BCUT2D eigenvalue weighted by atomic mass is 10.2.